The molecule has 12 heteroatoms. The molecule has 3 atom stereocenters. The normalized spacial score (nSPS) is 13.9. The van der Waals surface area contributed by atoms with E-state index in [9.17, 15) is 18.0 Å². The van der Waals surface area contributed by atoms with Crippen LogP contribution in [0.1, 0.15) is 35.8 Å². The van der Waals surface area contributed by atoms with E-state index in [1.807, 2.05) is 60.7 Å². The highest BCUT2D eigenvalue weighted by molar-refractivity contribution is 7.90. The monoisotopic (exact) mass is 677 g/mol. The number of benzene rings is 4. The molecule has 10 nitrogen and oxygen atoms in total. The van der Waals surface area contributed by atoms with Crippen molar-refractivity contribution in [3.8, 4) is 0 Å². The number of alkyl carbamates (subject to hydrolysis) is 1. The SMILES string of the molecule is CCOC(=O)CCNP(=O)(c1ccccc1)C(NS(=O)(=O)C[C@H](Cc1ccccc1)NC(=O)OCc1ccccc1)c1ccccc1. The lowest BCUT2D eigenvalue weighted by molar-refractivity contribution is -0.142. The number of carbonyl (C=O) groups is 2. The minimum atomic E-state index is -4.23. The number of hydrogen-bond acceptors (Lipinski definition) is 7. The number of ether oxygens (including phenoxy) is 2. The number of amides is 1. The Morgan fingerprint density at radius 3 is 1.91 bits per heavy atom. The van der Waals surface area contributed by atoms with Crippen molar-refractivity contribution in [3.63, 3.8) is 0 Å². The van der Waals surface area contributed by atoms with Gasteiger partial charge in [0.1, 0.15) is 12.4 Å². The van der Waals surface area contributed by atoms with Gasteiger partial charge in [-0.3, -0.25) is 14.4 Å². The second kappa shape index (κ2) is 17.6. The zero-order valence-electron chi connectivity index (χ0n) is 26.2. The first kappa shape index (κ1) is 35.6. The minimum absolute atomic E-state index is 0.0124. The predicted octanol–water partition coefficient (Wildman–Crippen LogP) is 5.29. The summed E-state index contributed by atoms with van der Waals surface area (Å²) in [6.07, 6.45) is -0.625. The van der Waals surface area contributed by atoms with Crippen LogP contribution >= 0.6 is 7.29 Å². The standard InChI is InChI=1S/C35H40N3O7PS/c1-2-44-33(39)23-24-36-46(41,32-21-13-6-14-22-32)34(30-19-11-5-12-20-30)38-47(42,43)27-31(25-28-15-7-3-8-16-28)37-35(40)45-26-29-17-9-4-10-18-29/h3-22,31,34,38H,2,23-27H2,1H3,(H,36,41)(H,37,40)/t31-,34?,46?/m0/s1. The van der Waals surface area contributed by atoms with Crippen molar-refractivity contribution in [2.75, 3.05) is 18.9 Å². The Labute approximate surface area is 276 Å². The van der Waals surface area contributed by atoms with Crippen molar-refractivity contribution in [2.24, 2.45) is 0 Å². The molecule has 0 radical (unpaired) electrons. The quantitative estimate of drug-likeness (QED) is 0.101. The predicted molar refractivity (Wildman–Crippen MR) is 183 cm³/mol. The molecule has 1 amide bonds. The molecule has 4 aromatic carbocycles. The lowest BCUT2D eigenvalue weighted by atomic mass is 10.1. The largest absolute Gasteiger partial charge is 0.466 e. The Hall–Kier alpha value is -4.28. The first-order valence-electron chi connectivity index (χ1n) is 15.3. The van der Waals surface area contributed by atoms with Crippen LogP contribution in [0.15, 0.2) is 121 Å². The van der Waals surface area contributed by atoms with Gasteiger partial charge in [0.15, 0.2) is 7.29 Å². The van der Waals surface area contributed by atoms with Crippen LogP contribution in [0.4, 0.5) is 4.79 Å². The lowest BCUT2D eigenvalue weighted by Crippen LogP contribution is -2.45. The number of nitrogens with one attached hydrogen (secondary N) is 3. The third kappa shape index (κ3) is 11.2. The molecule has 0 fully saturated rings. The molecule has 0 spiro atoms. The Morgan fingerprint density at radius 2 is 1.32 bits per heavy atom. The molecule has 4 rings (SSSR count). The maximum atomic E-state index is 15.0. The van der Waals surface area contributed by atoms with E-state index < -0.39 is 47.0 Å². The maximum Gasteiger partial charge on any atom is 0.407 e. The number of carbonyl (C=O) groups excluding carboxylic acids is 2. The van der Waals surface area contributed by atoms with Gasteiger partial charge in [-0.1, -0.05) is 121 Å². The van der Waals surface area contributed by atoms with Crippen LogP contribution in [0, 0.1) is 0 Å². The molecule has 248 valence electrons. The van der Waals surface area contributed by atoms with E-state index in [2.05, 4.69) is 15.1 Å². The molecule has 3 N–H and O–H groups in total. The van der Waals surface area contributed by atoms with E-state index >= 15 is 4.57 Å². The van der Waals surface area contributed by atoms with Gasteiger partial charge in [-0.05, 0) is 30.0 Å². The molecule has 0 bridgehead atoms. The average Bonchev–Trinajstić information content (AvgIpc) is 3.08. The fourth-order valence-electron chi connectivity index (χ4n) is 4.99. The van der Waals surface area contributed by atoms with E-state index in [1.54, 1.807) is 67.6 Å². The third-order valence-electron chi connectivity index (χ3n) is 7.17. The summed E-state index contributed by atoms with van der Waals surface area (Å²) in [6.45, 7) is 1.91. The Kier molecular flexibility index (Phi) is 13.3. The second-order valence-corrected chi connectivity index (χ2v) is 15.2. The van der Waals surface area contributed by atoms with Gasteiger partial charge in [0.25, 0.3) is 0 Å². The van der Waals surface area contributed by atoms with Crippen LogP contribution in [0.5, 0.6) is 0 Å². The first-order valence-corrected chi connectivity index (χ1v) is 18.7. The molecule has 0 saturated carbocycles. The molecule has 0 aliphatic rings. The number of esters is 1. The van der Waals surface area contributed by atoms with Gasteiger partial charge >= 0.3 is 12.1 Å². The highest BCUT2D eigenvalue weighted by atomic mass is 32.2. The molecule has 0 aliphatic heterocycles. The van der Waals surface area contributed by atoms with Gasteiger partial charge in [0.2, 0.25) is 10.0 Å². The fraction of sp³-hybridized carbons (Fsp3) is 0.257. The van der Waals surface area contributed by atoms with Crippen LogP contribution in [0.2, 0.25) is 0 Å². The summed E-state index contributed by atoms with van der Waals surface area (Å²) in [5, 5.41) is 6.11. The minimum Gasteiger partial charge on any atom is -0.466 e. The van der Waals surface area contributed by atoms with Gasteiger partial charge in [0, 0.05) is 11.8 Å². The van der Waals surface area contributed by atoms with E-state index in [-0.39, 0.29) is 32.6 Å². The molecule has 0 aliphatic carbocycles. The summed E-state index contributed by atoms with van der Waals surface area (Å²) < 4.78 is 56.1. The lowest BCUT2D eigenvalue weighted by Gasteiger charge is -2.30. The van der Waals surface area contributed by atoms with Crippen molar-refractivity contribution in [1.82, 2.24) is 15.1 Å². The molecule has 0 heterocycles. The fourth-order valence-corrected chi connectivity index (χ4v) is 9.68. The number of hydrogen-bond donors (Lipinski definition) is 3. The molecule has 47 heavy (non-hydrogen) atoms. The number of sulfonamides is 1. The van der Waals surface area contributed by atoms with Crippen LogP contribution in [0.25, 0.3) is 0 Å². The zero-order chi connectivity index (χ0) is 33.5. The topological polar surface area (TPSA) is 140 Å². The average molecular weight is 678 g/mol. The molecular weight excluding hydrogens is 637 g/mol. The summed E-state index contributed by atoms with van der Waals surface area (Å²) in [7, 11) is -8.04. The first-order chi connectivity index (χ1) is 22.7. The van der Waals surface area contributed by atoms with Crippen molar-refractivity contribution in [3.05, 3.63) is 138 Å². The van der Waals surface area contributed by atoms with Crippen LogP contribution in [-0.4, -0.2) is 45.4 Å². The van der Waals surface area contributed by atoms with Gasteiger partial charge in [-0.25, -0.2) is 13.2 Å². The Bertz CT molecular complexity index is 1710. The van der Waals surface area contributed by atoms with E-state index in [1.165, 1.54) is 0 Å². The number of rotatable bonds is 17. The Balaban J connectivity index is 1.61. The van der Waals surface area contributed by atoms with Crippen molar-refractivity contribution < 1.29 is 32.0 Å². The Morgan fingerprint density at radius 1 is 0.766 bits per heavy atom. The van der Waals surface area contributed by atoms with Crippen LogP contribution in [0.3, 0.4) is 0 Å². The molecule has 0 aromatic heterocycles. The van der Waals surface area contributed by atoms with Crippen LogP contribution < -0.4 is 20.4 Å². The van der Waals surface area contributed by atoms with Gasteiger partial charge < -0.3 is 14.8 Å². The van der Waals surface area contributed by atoms with Gasteiger partial charge in [-0.15, -0.1) is 0 Å². The van der Waals surface area contributed by atoms with Gasteiger partial charge in [0.05, 0.1) is 24.8 Å². The summed E-state index contributed by atoms with van der Waals surface area (Å²) in [6, 6.07) is 34.6. The van der Waals surface area contributed by atoms with Crippen molar-refractivity contribution in [2.45, 2.75) is 38.2 Å². The zero-order valence-corrected chi connectivity index (χ0v) is 27.9. The van der Waals surface area contributed by atoms with E-state index in [0.29, 0.717) is 10.9 Å². The summed E-state index contributed by atoms with van der Waals surface area (Å²) in [5.41, 5.74) is 2.06. The smallest absolute Gasteiger partial charge is 0.407 e. The van der Waals surface area contributed by atoms with E-state index in [4.69, 9.17) is 9.47 Å². The summed E-state index contributed by atoms with van der Waals surface area (Å²) in [5.74, 6) is -2.23. The summed E-state index contributed by atoms with van der Waals surface area (Å²) >= 11 is 0. The van der Waals surface area contributed by atoms with Crippen molar-refractivity contribution in [1.29, 1.82) is 0 Å². The summed E-state index contributed by atoms with van der Waals surface area (Å²) in [4.78, 5) is 25.0. The highest BCUT2D eigenvalue weighted by Crippen LogP contribution is 2.53. The maximum absolute atomic E-state index is 15.0. The molecular formula is C35H40N3O7PS. The van der Waals surface area contributed by atoms with Crippen molar-refractivity contribution >= 4 is 34.7 Å². The molecule has 2 unspecified atom stereocenters. The van der Waals surface area contributed by atoms with Gasteiger partial charge in [-0.2, -0.15) is 4.72 Å². The third-order valence-corrected chi connectivity index (χ3v) is 11.7. The molecule has 4 aromatic rings. The highest BCUT2D eigenvalue weighted by Gasteiger charge is 2.39. The molecule has 0 saturated heterocycles. The van der Waals surface area contributed by atoms with E-state index in [0.717, 1.165) is 11.1 Å². The second-order valence-electron chi connectivity index (χ2n) is 10.8. The van der Waals surface area contributed by atoms with Crippen LogP contribution in [-0.2, 0) is 41.9 Å².